The average Bonchev–Trinajstić information content (AvgIpc) is 2.95. The molecule has 1 aliphatic heterocycles. The van der Waals surface area contributed by atoms with Gasteiger partial charge in [0.15, 0.2) is 0 Å². The summed E-state index contributed by atoms with van der Waals surface area (Å²) in [6.07, 6.45) is 0. The van der Waals surface area contributed by atoms with Gasteiger partial charge in [-0.25, -0.2) is 14.4 Å². The molecular weight excluding hydrogens is 325 g/mol. The summed E-state index contributed by atoms with van der Waals surface area (Å²) in [7, 11) is 0. The van der Waals surface area contributed by atoms with Crippen LogP contribution in [0.3, 0.4) is 0 Å². The molecule has 2 aromatic heterocycles. The van der Waals surface area contributed by atoms with Crippen molar-refractivity contribution >= 4 is 27.5 Å². The topological polar surface area (TPSA) is 57.3 Å². The quantitative estimate of drug-likeness (QED) is 0.778. The molecule has 2 N–H and O–H groups in total. The molecule has 0 amide bonds. The maximum absolute atomic E-state index is 14.3. The molecule has 0 aliphatic carbocycles. The third kappa shape index (κ3) is 2.75. The summed E-state index contributed by atoms with van der Waals surface area (Å²) in [5, 5.41) is 1.67. The van der Waals surface area contributed by atoms with E-state index in [1.54, 1.807) is 23.5 Å². The van der Waals surface area contributed by atoms with Crippen LogP contribution >= 0.6 is 11.3 Å². The number of halogens is 1. The van der Waals surface area contributed by atoms with Crippen LogP contribution in [0.15, 0.2) is 30.3 Å². The summed E-state index contributed by atoms with van der Waals surface area (Å²) in [6, 6.07) is 8.77. The second kappa shape index (κ2) is 6.08. The van der Waals surface area contributed by atoms with Crippen LogP contribution in [-0.4, -0.2) is 36.1 Å². The van der Waals surface area contributed by atoms with Gasteiger partial charge in [0.1, 0.15) is 10.6 Å². The van der Waals surface area contributed by atoms with Gasteiger partial charge in [0.2, 0.25) is 5.95 Å². The van der Waals surface area contributed by atoms with Gasteiger partial charge in [-0.15, -0.1) is 11.3 Å². The van der Waals surface area contributed by atoms with E-state index in [1.807, 2.05) is 19.1 Å². The second-order valence-corrected chi connectivity index (χ2v) is 7.25. The van der Waals surface area contributed by atoms with Gasteiger partial charge in [0.25, 0.3) is 0 Å². The second-order valence-electron chi connectivity index (χ2n) is 6.02. The van der Waals surface area contributed by atoms with E-state index in [0.717, 1.165) is 46.3 Å². The highest BCUT2D eigenvalue weighted by Crippen LogP contribution is 2.34. The number of piperazine rings is 1. The molecule has 3 heterocycles. The number of anilines is 1. The number of thiophene rings is 1. The summed E-state index contributed by atoms with van der Waals surface area (Å²) in [5.41, 5.74) is 1.16. The maximum Gasteiger partial charge on any atom is 0.227 e. The molecule has 0 radical (unpaired) electrons. The lowest BCUT2D eigenvalue weighted by atomic mass is 10.1. The minimum absolute atomic E-state index is 0.271. The molecule has 124 valence electrons. The number of nitrogens with one attached hydrogen (secondary N) is 2. The number of hydrogen-bond acceptors (Lipinski definition) is 4. The first-order chi connectivity index (χ1) is 11.6. The summed E-state index contributed by atoms with van der Waals surface area (Å²) < 4.78 is 14.3. The molecule has 24 heavy (non-hydrogen) atoms. The Morgan fingerprint density at radius 2 is 1.96 bits per heavy atom. The number of quaternary nitrogens is 1. The summed E-state index contributed by atoms with van der Waals surface area (Å²) in [4.78, 5) is 13.5. The number of nitrogens with zero attached hydrogens (tertiary/aromatic N) is 3. The fourth-order valence-electron chi connectivity index (χ4n) is 3.01. The van der Waals surface area contributed by atoms with Crippen LogP contribution in [0.5, 0.6) is 0 Å². The third-order valence-corrected chi connectivity index (χ3v) is 5.23. The van der Waals surface area contributed by atoms with Crippen LogP contribution in [0.25, 0.3) is 27.3 Å². The molecule has 0 spiro atoms. The fraction of sp³-hybridized carbons (Fsp3) is 0.294. The molecule has 1 fully saturated rings. The Labute approximate surface area is 143 Å². The van der Waals surface area contributed by atoms with Gasteiger partial charge in [-0.3, -0.25) is 0 Å². The lowest BCUT2D eigenvalue weighted by molar-refractivity contribution is -0.849. The van der Waals surface area contributed by atoms with Gasteiger partial charge >= 0.3 is 0 Å². The molecule has 4 rings (SSSR count). The van der Waals surface area contributed by atoms with Crippen LogP contribution in [0, 0.1) is 12.7 Å². The van der Waals surface area contributed by atoms with E-state index in [0.29, 0.717) is 17.2 Å². The first-order valence-corrected chi connectivity index (χ1v) is 8.78. The summed E-state index contributed by atoms with van der Waals surface area (Å²) in [6.45, 7) is 4.98. The van der Waals surface area contributed by atoms with Crippen molar-refractivity contribution in [2.45, 2.75) is 6.92 Å². The largest absolute Gasteiger partial charge is 0.469 e. The Kier molecular flexibility index (Phi) is 3.91. The minimum Gasteiger partial charge on any atom is -0.469 e. The van der Waals surface area contributed by atoms with Crippen molar-refractivity contribution in [2.75, 3.05) is 31.1 Å². The molecule has 1 aromatic carbocycles. The molecule has 1 aliphatic rings. The van der Waals surface area contributed by atoms with E-state index in [4.69, 9.17) is 15.8 Å². The first-order valence-electron chi connectivity index (χ1n) is 7.96. The van der Waals surface area contributed by atoms with Gasteiger partial charge in [-0.1, -0.05) is 12.1 Å². The van der Waals surface area contributed by atoms with Crippen molar-refractivity contribution in [2.24, 2.45) is 0 Å². The smallest absolute Gasteiger partial charge is 0.227 e. The van der Waals surface area contributed by atoms with E-state index < -0.39 is 0 Å². The molecule has 5 nitrogen and oxygen atoms in total. The van der Waals surface area contributed by atoms with E-state index in [9.17, 15) is 4.39 Å². The van der Waals surface area contributed by atoms with Crippen molar-refractivity contribution in [3.05, 3.63) is 46.9 Å². The van der Waals surface area contributed by atoms with Crippen LogP contribution in [0.2, 0.25) is 0 Å². The number of aryl methyl sites for hydroxylation is 1. The number of fused-ring (bicyclic) bond motifs is 1. The fourth-order valence-corrected chi connectivity index (χ4v) is 3.88. The zero-order valence-electron chi connectivity index (χ0n) is 13.3. The lowest BCUT2D eigenvalue weighted by Crippen LogP contribution is -3.08. The van der Waals surface area contributed by atoms with Crippen LogP contribution in [-0.2, 0) is 0 Å². The van der Waals surface area contributed by atoms with Crippen molar-refractivity contribution in [1.29, 1.82) is 0 Å². The lowest BCUT2D eigenvalue weighted by Gasteiger charge is -2.33. The zero-order chi connectivity index (χ0) is 16.7. The van der Waals surface area contributed by atoms with Crippen LogP contribution in [0.1, 0.15) is 4.88 Å². The van der Waals surface area contributed by atoms with Gasteiger partial charge in [-0.2, -0.15) is 0 Å². The van der Waals surface area contributed by atoms with E-state index in [2.05, 4.69) is 4.90 Å². The highest BCUT2D eigenvalue weighted by atomic mass is 32.1. The van der Waals surface area contributed by atoms with Gasteiger partial charge in [0, 0.05) is 15.8 Å². The number of aromatic nitrogens is 2. The summed E-state index contributed by atoms with van der Waals surface area (Å²) in [5.74, 6) is 8.13. The van der Waals surface area contributed by atoms with Crippen molar-refractivity contribution in [3.8, 4) is 11.3 Å². The highest BCUT2D eigenvalue weighted by Gasteiger charge is 2.21. The molecular formula is C17H18FN5S. The number of rotatable bonds is 2. The molecule has 7 heteroatoms. The summed E-state index contributed by atoms with van der Waals surface area (Å²) >= 11 is 1.60. The van der Waals surface area contributed by atoms with Crippen LogP contribution in [0.4, 0.5) is 10.3 Å². The van der Waals surface area contributed by atoms with E-state index in [-0.39, 0.29) is 5.82 Å². The number of hydrogen-bond donors (Lipinski definition) is 1. The monoisotopic (exact) mass is 343 g/mol. The minimum atomic E-state index is -0.271. The SMILES string of the molecule is Cc1cc2c(-c3ccccc3F)nc(N3CC[NH+]([NH-])CC3)nc2s1. The highest BCUT2D eigenvalue weighted by molar-refractivity contribution is 7.18. The zero-order valence-corrected chi connectivity index (χ0v) is 14.2. The average molecular weight is 343 g/mol. The van der Waals surface area contributed by atoms with E-state index >= 15 is 0 Å². The predicted octanol–water partition coefficient (Wildman–Crippen LogP) is 2.48. The Hall–Kier alpha value is -2.09. The van der Waals surface area contributed by atoms with Crippen LogP contribution < -0.4 is 9.91 Å². The molecule has 0 atom stereocenters. The maximum atomic E-state index is 14.3. The molecule has 0 bridgehead atoms. The Morgan fingerprint density at radius 3 is 2.71 bits per heavy atom. The molecule has 0 saturated carbocycles. The van der Waals surface area contributed by atoms with Crippen molar-refractivity contribution in [1.82, 2.24) is 9.97 Å². The third-order valence-electron chi connectivity index (χ3n) is 4.28. The van der Waals surface area contributed by atoms with Gasteiger partial charge in [0.05, 0.1) is 31.9 Å². The van der Waals surface area contributed by atoms with Gasteiger partial charge in [-0.05, 0) is 25.1 Å². The Morgan fingerprint density at radius 1 is 1.21 bits per heavy atom. The Bertz CT molecular complexity index is 886. The standard InChI is InChI=1S/C17H18FN5S/c1-11-10-13-15(12-4-2-3-5-14(12)18)20-17(21-16(13)24-11)22-6-8-23(19)9-7-22/h2-5,10,19,23H,6-9H2,1H3. The molecule has 3 aromatic rings. The normalized spacial score (nSPS) is 16.0. The van der Waals surface area contributed by atoms with Crippen molar-refractivity contribution < 1.29 is 9.40 Å². The van der Waals surface area contributed by atoms with Crippen molar-refractivity contribution in [3.63, 3.8) is 0 Å². The predicted molar refractivity (Wildman–Crippen MR) is 94.8 cm³/mol. The molecule has 1 saturated heterocycles. The van der Waals surface area contributed by atoms with Gasteiger partial charge < -0.3 is 15.8 Å². The number of benzene rings is 1. The first kappa shape index (κ1) is 15.4. The Balaban J connectivity index is 1.87. The molecule has 0 unspecified atom stereocenters. The van der Waals surface area contributed by atoms with E-state index in [1.165, 1.54) is 6.07 Å².